The second kappa shape index (κ2) is 4.84. The van der Waals surface area contributed by atoms with E-state index >= 15 is 0 Å². The van der Waals surface area contributed by atoms with Crippen molar-refractivity contribution in [2.75, 3.05) is 24.5 Å². The molecule has 1 atom stereocenters. The van der Waals surface area contributed by atoms with Gasteiger partial charge in [0.15, 0.2) is 0 Å². The van der Waals surface area contributed by atoms with Crippen LogP contribution in [0.4, 0.5) is 5.69 Å². The topological polar surface area (TPSA) is 58.4 Å². The lowest BCUT2D eigenvalue weighted by Gasteiger charge is -2.36. The second-order valence-corrected chi connectivity index (χ2v) is 4.63. The lowest BCUT2D eigenvalue weighted by Crippen LogP contribution is -2.58. The van der Waals surface area contributed by atoms with Gasteiger partial charge in [0, 0.05) is 29.8 Å². The first-order chi connectivity index (χ1) is 7.72. The summed E-state index contributed by atoms with van der Waals surface area (Å²) in [5.74, 6) is 0.00808. The summed E-state index contributed by atoms with van der Waals surface area (Å²) in [5, 5.41) is 2.83. The fourth-order valence-corrected chi connectivity index (χ4v) is 2.30. The maximum Gasteiger partial charge on any atom is 0.244 e. The first-order valence-corrected chi connectivity index (χ1v) is 6.01. The normalized spacial score (nSPS) is 20.8. The summed E-state index contributed by atoms with van der Waals surface area (Å²) in [7, 11) is 0. The van der Waals surface area contributed by atoms with Crippen molar-refractivity contribution in [3.8, 4) is 0 Å². The van der Waals surface area contributed by atoms with E-state index in [9.17, 15) is 4.79 Å². The van der Waals surface area contributed by atoms with Crippen molar-refractivity contribution < 1.29 is 4.79 Å². The van der Waals surface area contributed by atoms with Gasteiger partial charge < -0.3 is 16.0 Å². The maximum absolute atomic E-state index is 11.6. The van der Waals surface area contributed by atoms with Crippen LogP contribution in [0.15, 0.2) is 28.7 Å². The number of nitrogens with zero attached hydrogens (tertiary/aromatic N) is 1. The molecule has 1 aromatic carbocycles. The lowest BCUT2D eigenvalue weighted by molar-refractivity contribution is -0.123. The van der Waals surface area contributed by atoms with E-state index in [2.05, 4.69) is 21.2 Å². The van der Waals surface area contributed by atoms with Crippen molar-refractivity contribution in [2.45, 2.75) is 6.04 Å². The van der Waals surface area contributed by atoms with Crippen molar-refractivity contribution in [1.29, 1.82) is 0 Å². The number of carbonyl (C=O) groups is 1. The van der Waals surface area contributed by atoms with Gasteiger partial charge in [-0.3, -0.25) is 4.79 Å². The number of hydrogen-bond acceptors (Lipinski definition) is 3. The Morgan fingerprint density at radius 2 is 2.38 bits per heavy atom. The van der Waals surface area contributed by atoms with Crippen LogP contribution in [0.2, 0.25) is 0 Å². The molecule has 1 aromatic rings. The summed E-state index contributed by atoms with van der Waals surface area (Å²) >= 11 is 3.43. The van der Waals surface area contributed by atoms with E-state index in [0.717, 1.165) is 16.7 Å². The van der Waals surface area contributed by atoms with E-state index in [1.807, 2.05) is 29.2 Å². The Morgan fingerprint density at radius 3 is 3.06 bits per heavy atom. The number of anilines is 1. The number of piperazine rings is 1. The highest BCUT2D eigenvalue weighted by Gasteiger charge is 2.28. The Labute approximate surface area is 103 Å². The molecule has 1 unspecified atom stereocenters. The average Bonchev–Trinajstić information content (AvgIpc) is 2.28. The van der Waals surface area contributed by atoms with Gasteiger partial charge in [0.05, 0.1) is 0 Å². The molecule has 3 N–H and O–H groups in total. The molecule has 16 heavy (non-hydrogen) atoms. The van der Waals surface area contributed by atoms with Crippen molar-refractivity contribution in [3.63, 3.8) is 0 Å². The fourth-order valence-electron chi connectivity index (χ4n) is 1.91. The molecular weight excluding hydrogens is 270 g/mol. The molecule has 0 radical (unpaired) electrons. The summed E-state index contributed by atoms with van der Waals surface area (Å²) in [6, 6.07) is 7.65. The van der Waals surface area contributed by atoms with Crippen LogP contribution in [0.1, 0.15) is 0 Å². The van der Waals surface area contributed by atoms with Crippen LogP contribution in [-0.4, -0.2) is 31.6 Å². The van der Waals surface area contributed by atoms with E-state index < -0.39 is 0 Å². The van der Waals surface area contributed by atoms with Crippen LogP contribution in [-0.2, 0) is 4.79 Å². The highest BCUT2D eigenvalue weighted by molar-refractivity contribution is 9.10. The zero-order valence-electron chi connectivity index (χ0n) is 8.82. The van der Waals surface area contributed by atoms with E-state index in [1.54, 1.807) is 0 Å². The molecule has 0 spiro atoms. The minimum absolute atomic E-state index is 0.00808. The van der Waals surface area contributed by atoms with Crippen molar-refractivity contribution in [1.82, 2.24) is 5.32 Å². The first kappa shape index (κ1) is 11.4. The third-order valence-corrected chi connectivity index (χ3v) is 3.19. The van der Waals surface area contributed by atoms with E-state index in [0.29, 0.717) is 13.1 Å². The Kier molecular flexibility index (Phi) is 3.46. The van der Waals surface area contributed by atoms with Gasteiger partial charge in [-0.25, -0.2) is 0 Å². The molecule has 0 aromatic heterocycles. The largest absolute Gasteiger partial charge is 0.357 e. The van der Waals surface area contributed by atoms with Crippen molar-refractivity contribution >= 4 is 27.5 Å². The SMILES string of the molecule is NCC1C(=O)NCCN1c1cccc(Br)c1. The molecule has 5 heteroatoms. The number of hydrogen-bond donors (Lipinski definition) is 2. The zero-order valence-corrected chi connectivity index (χ0v) is 10.4. The molecule has 4 nitrogen and oxygen atoms in total. The Morgan fingerprint density at radius 1 is 1.56 bits per heavy atom. The predicted octanol–water partition coefficient (Wildman–Crippen LogP) is 0.713. The van der Waals surface area contributed by atoms with Gasteiger partial charge in [0.25, 0.3) is 0 Å². The Hall–Kier alpha value is -1.07. The molecule has 1 saturated heterocycles. The average molecular weight is 284 g/mol. The highest BCUT2D eigenvalue weighted by Crippen LogP contribution is 2.22. The molecule has 1 amide bonds. The number of nitrogens with two attached hydrogens (primary N) is 1. The fraction of sp³-hybridized carbons (Fsp3) is 0.364. The highest BCUT2D eigenvalue weighted by atomic mass is 79.9. The zero-order chi connectivity index (χ0) is 11.5. The smallest absolute Gasteiger partial charge is 0.244 e. The van der Waals surface area contributed by atoms with Gasteiger partial charge in [0.1, 0.15) is 6.04 Å². The third-order valence-electron chi connectivity index (χ3n) is 2.69. The molecule has 0 aliphatic carbocycles. The van der Waals surface area contributed by atoms with Crippen molar-refractivity contribution in [2.24, 2.45) is 5.73 Å². The first-order valence-electron chi connectivity index (χ1n) is 5.22. The standard InChI is InChI=1S/C11H14BrN3O/c12-8-2-1-3-9(6-8)15-5-4-14-11(16)10(15)7-13/h1-3,6,10H,4-5,7,13H2,(H,14,16). The summed E-state index contributed by atoms with van der Waals surface area (Å²) < 4.78 is 1.01. The minimum Gasteiger partial charge on any atom is -0.357 e. The molecule has 1 aliphatic heterocycles. The number of carbonyl (C=O) groups excluding carboxylic acids is 1. The molecular formula is C11H14BrN3O. The number of halogens is 1. The maximum atomic E-state index is 11.6. The summed E-state index contributed by atoms with van der Waals surface area (Å²) in [6.45, 7) is 1.80. The van der Waals surface area contributed by atoms with Crippen LogP contribution in [0.5, 0.6) is 0 Å². The van der Waals surface area contributed by atoms with E-state index in [4.69, 9.17) is 5.73 Å². The monoisotopic (exact) mass is 283 g/mol. The number of rotatable bonds is 2. The molecule has 86 valence electrons. The Balaban J connectivity index is 2.27. The Bertz CT molecular complexity index is 397. The quantitative estimate of drug-likeness (QED) is 0.841. The van der Waals surface area contributed by atoms with Gasteiger partial charge in [-0.15, -0.1) is 0 Å². The molecule has 1 heterocycles. The van der Waals surface area contributed by atoms with Gasteiger partial charge in [0.2, 0.25) is 5.91 Å². The van der Waals surface area contributed by atoms with Gasteiger partial charge in [-0.1, -0.05) is 22.0 Å². The number of nitrogens with one attached hydrogen (secondary N) is 1. The van der Waals surface area contributed by atoms with Gasteiger partial charge in [-0.05, 0) is 18.2 Å². The van der Waals surface area contributed by atoms with E-state index in [1.165, 1.54) is 0 Å². The summed E-state index contributed by atoms with van der Waals surface area (Å²) in [6.07, 6.45) is 0. The van der Waals surface area contributed by atoms with Crippen molar-refractivity contribution in [3.05, 3.63) is 28.7 Å². The summed E-state index contributed by atoms with van der Waals surface area (Å²) in [5.41, 5.74) is 6.67. The van der Waals surface area contributed by atoms with Crippen LogP contribution < -0.4 is 16.0 Å². The van der Waals surface area contributed by atoms with Crippen LogP contribution >= 0.6 is 15.9 Å². The lowest BCUT2D eigenvalue weighted by atomic mass is 10.1. The third kappa shape index (κ3) is 2.20. The molecule has 0 saturated carbocycles. The minimum atomic E-state index is -0.261. The van der Waals surface area contributed by atoms with Gasteiger partial charge >= 0.3 is 0 Å². The van der Waals surface area contributed by atoms with Crippen LogP contribution in [0.3, 0.4) is 0 Å². The van der Waals surface area contributed by atoms with Crippen LogP contribution in [0.25, 0.3) is 0 Å². The van der Waals surface area contributed by atoms with Gasteiger partial charge in [-0.2, -0.15) is 0 Å². The second-order valence-electron chi connectivity index (χ2n) is 3.72. The number of amides is 1. The van der Waals surface area contributed by atoms with Crippen LogP contribution in [0, 0.1) is 0 Å². The molecule has 1 fully saturated rings. The molecule has 2 rings (SSSR count). The number of benzene rings is 1. The van der Waals surface area contributed by atoms with E-state index in [-0.39, 0.29) is 11.9 Å². The summed E-state index contributed by atoms with van der Waals surface area (Å²) in [4.78, 5) is 13.7. The molecule has 0 bridgehead atoms. The molecule has 1 aliphatic rings. The predicted molar refractivity (Wildman–Crippen MR) is 67.3 cm³/mol.